The van der Waals surface area contributed by atoms with Gasteiger partial charge in [-0.1, -0.05) is 146 Å². The van der Waals surface area contributed by atoms with Crippen LogP contribution in [-0.4, -0.2) is 48.8 Å². The summed E-state index contributed by atoms with van der Waals surface area (Å²) in [5, 5.41) is 16.1. The molecule has 0 N–H and O–H groups in total. The van der Waals surface area contributed by atoms with Gasteiger partial charge in [0.2, 0.25) is 0 Å². The zero-order valence-corrected chi connectivity index (χ0v) is 42.7. The summed E-state index contributed by atoms with van der Waals surface area (Å²) in [6.07, 6.45) is 3.68. The van der Waals surface area contributed by atoms with Crippen LogP contribution in [0.1, 0.15) is 34.6 Å². The Hall–Kier alpha value is -7.92. The van der Waals surface area contributed by atoms with E-state index in [2.05, 4.69) is 148 Å². The molecule has 0 atom stereocenters. The molecule has 11 rings (SSSR count). The number of fused-ring (bicyclic) bond motifs is 6. The van der Waals surface area contributed by atoms with E-state index in [1.54, 1.807) is 24.4 Å². The van der Waals surface area contributed by atoms with Gasteiger partial charge >= 0.3 is 8.60 Å². The highest BCUT2D eigenvalue weighted by molar-refractivity contribution is 7.41. The Morgan fingerprint density at radius 3 is 1.48 bits per heavy atom. The molecule has 12 heteroatoms. The maximum Gasteiger partial charge on any atom is 0.332 e. The van der Waals surface area contributed by atoms with Crippen molar-refractivity contribution in [2.75, 3.05) is 19.8 Å². The minimum absolute atomic E-state index is 0.0896. The maximum absolute atomic E-state index is 11.1. The molecule has 0 saturated heterocycles. The van der Waals surface area contributed by atoms with Gasteiger partial charge in [-0.15, -0.1) is 0 Å². The monoisotopic (exact) mass is 986 g/mol. The Balaban J connectivity index is 0.000000134. The molecule has 0 saturated carbocycles. The second-order valence-electron chi connectivity index (χ2n) is 16.5. The van der Waals surface area contributed by atoms with E-state index in [-0.39, 0.29) is 10.6 Å². The molecule has 0 radical (unpaired) electrons. The number of benzene rings is 6. The predicted octanol–water partition coefficient (Wildman–Crippen LogP) is 16.4. The van der Waals surface area contributed by atoms with Crippen LogP contribution in [0.2, 0.25) is 0 Å². The van der Waals surface area contributed by atoms with E-state index in [0.29, 0.717) is 25.4 Å². The predicted molar refractivity (Wildman–Crippen MR) is 300 cm³/mol. The number of nitro groups is 1. The molecule has 73 heavy (non-hydrogen) atoms. The van der Waals surface area contributed by atoms with Crippen LogP contribution in [0.3, 0.4) is 0 Å². The van der Waals surface area contributed by atoms with Gasteiger partial charge in [0, 0.05) is 80.9 Å². The third-order valence-corrected chi connectivity index (χ3v) is 13.4. The SMILES string of the molecule is CCOP(OCC)OCC.CCn1c2ccccc2c2ccc(-c3ccccc3)nc21.CCn1c2ccccc2c2cnc(-c3ccccc3)cc21.O=[N+]([O-])c1ccccc1-c1ccc(-c2ccccc2)nc1. The summed E-state index contributed by atoms with van der Waals surface area (Å²) in [5.74, 6) is 0. The molecule has 0 aliphatic heterocycles. The van der Waals surface area contributed by atoms with Gasteiger partial charge in [0.05, 0.1) is 58.4 Å². The van der Waals surface area contributed by atoms with Crippen molar-refractivity contribution in [2.45, 2.75) is 47.7 Å². The van der Waals surface area contributed by atoms with Crippen molar-refractivity contribution >= 4 is 58.0 Å². The first-order chi connectivity index (χ1) is 35.9. The molecule has 0 bridgehead atoms. The van der Waals surface area contributed by atoms with Crippen LogP contribution in [0.4, 0.5) is 5.69 Å². The standard InChI is InChI=1S/2C19H16N2.C17H12N2O2.C6H15O3P/c1-2-21-18-11-7-6-10-15(18)16-13-20-17(12-19(16)21)14-8-4-3-5-9-14;1-2-21-18-11-7-6-10-15(18)16-12-13-17(20-19(16)21)14-8-4-3-5-9-14;20-19(21)17-9-5-4-8-15(17)14-10-11-16(18-12-14)13-6-2-1-3-7-13;1-4-7-10(8-5-2)9-6-3/h2*3-13H,2H2,1H3;1-12H;4-6H2,1-3H3. The van der Waals surface area contributed by atoms with Gasteiger partial charge in [0.15, 0.2) is 0 Å². The van der Waals surface area contributed by atoms with E-state index >= 15 is 0 Å². The number of aromatic nitrogens is 5. The van der Waals surface area contributed by atoms with Crippen LogP contribution >= 0.6 is 8.60 Å². The number of nitro benzene ring substituents is 1. The molecule has 5 aromatic heterocycles. The first-order valence-corrected chi connectivity index (χ1v) is 25.8. The number of rotatable bonds is 13. The normalized spacial score (nSPS) is 10.9. The highest BCUT2D eigenvalue weighted by atomic mass is 31.2. The van der Waals surface area contributed by atoms with Crippen molar-refractivity contribution < 1.29 is 18.5 Å². The quantitative estimate of drug-likeness (QED) is 0.0636. The van der Waals surface area contributed by atoms with Gasteiger partial charge in [0.25, 0.3) is 5.69 Å². The second-order valence-corrected chi connectivity index (χ2v) is 17.7. The van der Waals surface area contributed by atoms with E-state index in [9.17, 15) is 10.1 Å². The van der Waals surface area contributed by atoms with Crippen molar-refractivity contribution in [3.8, 4) is 44.9 Å². The van der Waals surface area contributed by atoms with Crippen molar-refractivity contribution in [1.82, 2.24) is 24.1 Å². The van der Waals surface area contributed by atoms with Gasteiger partial charge in [-0.3, -0.25) is 20.1 Å². The fourth-order valence-corrected chi connectivity index (χ4v) is 9.55. The Morgan fingerprint density at radius 2 is 0.932 bits per heavy atom. The molecule has 0 aliphatic carbocycles. The molecule has 11 aromatic rings. The molecule has 6 aromatic carbocycles. The van der Waals surface area contributed by atoms with Gasteiger partial charge < -0.3 is 22.7 Å². The minimum Gasteiger partial charge on any atom is -0.341 e. The smallest absolute Gasteiger partial charge is 0.332 e. The van der Waals surface area contributed by atoms with E-state index in [1.165, 1.54) is 44.2 Å². The van der Waals surface area contributed by atoms with E-state index in [4.69, 9.17) is 18.6 Å². The van der Waals surface area contributed by atoms with E-state index in [1.807, 2.05) is 81.6 Å². The largest absolute Gasteiger partial charge is 0.341 e. The minimum atomic E-state index is -1.06. The van der Waals surface area contributed by atoms with Crippen LogP contribution < -0.4 is 0 Å². The van der Waals surface area contributed by atoms with Gasteiger partial charge in [-0.25, -0.2) is 4.98 Å². The lowest BCUT2D eigenvalue weighted by Crippen LogP contribution is -1.95. The van der Waals surface area contributed by atoms with Crippen LogP contribution in [-0.2, 0) is 26.7 Å². The average molecular weight is 987 g/mol. The number of para-hydroxylation sites is 3. The summed E-state index contributed by atoms with van der Waals surface area (Å²) in [7, 11) is -1.06. The number of aryl methyl sites for hydroxylation is 2. The van der Waals surface area contributed by atoms with Crippen molar-refractivity contribution in [2.24, 2.45) is 0 Å². The van der Waals surface area contributed by atoms with Gasteiger partial charge in [-0.2, -0.15) is 0 Å². The van der Waals surface area contributed by atoms with Gasteiger partial charge in [-0.05, 0) is 77.1 Å². The third-order valence-electron chi connectivity index (χ3n) is 12.0. The molecule has 0 amide bonds. The number of pyridine rings is 3. The third kappa shape index (κ3) is 12.2. The summed E-state index contributed by atoms with van der Waals surface area (Å²) in [6.45, 7) is 14.0. The van der Waals surface area contributed by atoms with Crippen molar-refractivity contribution in [3.05, 3.63) is 217 Å². The molecular formula is C61H59N6O5P. The lowest BCUT2D eigenvalue weighted by Gasteiger charge is -2.12. The van der Waals surface area contributed by atoms with Crippen molar-refractivity contribution in [3.63, 3.8) is 0 Å². The van der Waals surface area contributed by atoms with E-state index in [0.717, 1.165) is 58.1 Å². The lowest BCUT2D eigenvalue weighted by molar-refractivity contribution is -0.384. The summed E-state index contributed by atoms with van der Waals surface area (Å²) in [4.78, 5) is 24.7. The molecule has 368 valence electrons. The molecule has 0 spiro atoms. The summed E-state index contributed by atoms with van der Waals surface area (Å²) in [6, 6.07) is 64.5. The van der Waals surface area contributed by atoms with Gasteiger partial charge in [0.1, 0.15) is 5.65 Å². The summed E-state index contributed by atoms with van der Waals surface area (Å²) >= 11 is 0. The Kier molecular flexibility index (Phi) is 17.9. The Morgan fingerprint density at radius 1 is 0.452 bits per heavy atom. The number of hydrogen-bond donors (Lipinski definition) is 0. The zero-order valence-electron chi connectivity index (χ0n) is 41.8. The first-order valence-electron chi connectivity index (χ1n) is 24.7. The fraction of sp³-hybridized carbons (Fsp3) is 0.164. The number of hydrogen-bond acceptors (Lipinski definition) is 8. The first kappa shape index (κ1) is 51.4. The second kappa shape index (κ2) is 25.5. The van der Waals surface area contributed by atoms with Crippen LogP contribution in [0.15, 0.2) is 207 Å². The highest BCUT2D eigenvalue weighted by Crippen LogP contribution is 2.39. The van der Waals surface area contributed by atoms with Crippen LogP contribution in [0, 0.1) is 10.1 Å². The molecule has 11 nitrogen and oxygen atoms in total. The van der Waals surface area contributed by atoms with Crippen LogP contribution in [0.5, 0.6) is 0 Å². The molecule has 0 fully saturated rings. The topological polar surface area (TPSA) is 119 Å². The van der Waals surface area contributed by atoms with Crippen molar-refractivity contribution in [1.29, 1.82) is 0 Å². The van der Waals surface area contributed by atoms with E-state index < -0.39 is 8.60 Å². The number of nitrogens with zero attached hydrogens (tertiary/aromatic N) is 6. The summed E-state index contributed by atoms with van der Waals surface area (Å²) < 4.78 is 20.1. The zero-order chi connectivity index (χ0) is 50.9. The Bertz CT molecular complexity index is 3340. The molecule has 5 heterocycles. The summed E-state index contributed by atoms with van der Waals surface area (Å²) in [5.41, 5.74) is 12.5. The maximum atomic E-state index is 11.1. The average Bonchev–Trinajstić information content (AvgIpc) is 3.95. The molecule has 0 unspecified atom stereocenters. The fourth-order valence-electron chi connectivity index (χ4n) is 8.69. The molecular weight excluding hydrogens is 928 g/mol. The highest BCUT2D eigenvalue weighted by Gasteiger charge is 2.16. The molecule has 0 aliphatic rings. The van der Waals surface area contributed by atoms with Crippen LogP contribution in [0.25, 0.3) is 88.6 Å². The Labute approximate surface area is 427 Å². The lowest BCUT2D eigenvalue weighted by atomic mass is 10.0.